The van der Waals surface area contributed by atoms with Crippen molar-refractivity contribution < 1.29 is 0 Å². The molecule has 3 heterocycles. The molecule has 0 N–H and O–H groups in total. The van der Waals surface area contributed by atoms with Gasteiger partial charge in [0.05, 0.1) is 0 Å². The average molecular weight is 272 g/mol. The van der Waals surface area contributed by atoms with Crippen LogP contribution in [0.25, 0.3) is 38.4 Å². The fourth-order valence-electron chi connectivity index (χ4n) is 2.79. The van der Waals surface area contributed by atoms with Crippen LogP contribution < -0.4 is 0 Å². The molecule has 0 aliphatic rings. The first-order chi connectivity index (χ1) is 10.4. The Balaban J connectivity index is 2.21. The van der Waals surface area contributed by atoms with Gasteiger partial charge < -0.3 is 0 Å². The van der Waals surface area contributed by atoms with Crippen molar-refractivity contribution in [2.24, 2.45) is 0 Å². The number of fused-ring (bicyclic) bond motifs is 7. The second-order valence-corrected chi connectivity index (χ2v) is 4.85. The van der Waals surface area contributed by atoms with Crippen molar-refractivity contribution in [2.45, 2.75) is 0 Å². The van der Waals surface area contributed by atoms with E-state index in [2.05, 4.69) is 37.4 Å². The maximum Gasteiger partial charge on any atom is 0.272 e. The molecule has 5 aromatic rings. The molecule has 6 heteroatoms. The largest absolute Gasteiger partial charge is 0.272 e. The van der Waals surface area contributed by atoms with Crippen molar-refractivity contribution in [3.63, 3.8) is 0 Å². The predicted octanol–water partition coefficient (Wildman–Crippen LogP) is 2.37. The number of benzene rings is 2. The molecule has 0 aliphatic heterocycles. The first-order valence-corrected chi connectivity index (χ1v) is 6.54. The molecule has 0 saturated carbocycles. The number of pyridine rings is 1. The van der Waals surface area contributed by atoms with Crippen molar-refractivity contribution >= 4 is 38.4 Å². The Morgan fingerprint density at radius 3 is 2.67 bits per heavy atom. The minimum atomic E-state index is 0.496. The van der Waals surface area contributed by atoms with Crippen LogP contribution in [-0.4, -0.2) is 29.8 Å². The second-order valence-electron chi connectivity index (χ2n) is 4.85. The summed E-state index contributed by atoms with van der Waals surface area (Å²) in [5.74, 6) is 0.496. The molecule has 2 aromatic carbocycles. The Hall–Kier alpha value is -3.15. The van der Waals surface area contributed by atoms with Crippen molar-refractivity contribution in [1.82, 2.24) is 29.8 Å². The van der Waals surface area contributed by atoms with E-state index in [1.165, 1.54) is 0 Å². The zero-order valence-electron chi connectivity index (χ0n) is 10.8. The lowest BCUT2D eigenvalue weighted by molar-refractivity contribution is 0.940. The second kappa shape index (κ2) is 3.69. The van der Waals surface area contributed by atoms with Gasteiger partial charge >= 0.3 is 0 Å². The third-order valence-electron chi connectivity index (χ3n) is 3.71. The number of rotatable bonds is 0. The Kier molecular flexibility index (Phi) is 1.87. The van der Waals surface area contributed by atoms with E-state index in [1.54, 1.807) is 17.0 Å². The maximum absolute atomic E-state index is 4.62. The molecule has 0 radical (unpaired) electrons. The van der Waals surface area contributed by atoms with Crippen molar-refractivity contribution in [3.8, 4) is 0 Å². The lowest BCUT2D eigenvalue weighted by atomic mass is 10.0. The van der Waals surface area contributed by atoms with Crippen LogP contribution in [0.2, 0.25) is 0 Å². The zero-order chi connectivity index (χ0) is 13.8. The van der Waals surface area contributed by atoms with Gasteiger partial charge in [-0.2, -0.15) is 9.61 Å². The third-order valence-corrected chi connectivity index (χ3v) is 3.71. The zero-order valence-corrected chi connectivity index (χ0v) is 10.8. The van der Waals surface area contributed by atoms with E-state index in [1.807, 2.05) is 24.4 Å². The van der Waals surface area contributed by atoms with Gasteiger partial charge in [-0.15, -0.1) is 10.2 Å². The summed E-state index contributed by atoms with van der Waals surface area (Å²) < 4.78 is 1.60. The molecular formula is C15H8N6. The van der Waals surface area contributed by atoms with Gasteiger partial charge in [0.1, 0.15) is 17.4 Å². The van der Waals surface area contributed by atoms with E-state index in [9.17, 15) is 0 Å². The number of aromatic nitrogens is 6. The molecule has 0 spiro atoms. The van der Waals surface area contributed by atoms with Crippen LogP contribution in [0.15, 0.2) is 49.1 Å². The SMILES string of the molecule is c1ccc2c(c1)c1cnccc1c1nc3nncn3nc21. The smallest absolute Gasteiger partial charge is 0.264 e. The van der Waals surface area contributed by atoms with Crippen LogP contribution in [0.1, 0.15) is 0 Å². The molecule has 0 aliphatic carbocycles. The van der Waals surface area contributed by atoms with Crippen LogP contribution >= 0.6 is 0 Å². The summed E-state index contributed by atoms with van der Waals surface area (Å²) in [5.41, 5.74) is 1.67. The molecule has 0 saturated heterocycles. The van der Waals surface area contributed by atoms with E-state index < -0.39 is 0 Å². The maximum atomic E-state index is 4.62. The van der Waals surface area contributed by atoms with Crippen molar-refractivity contribution in [1.29, 1.82) is 0 Å². The monoisotopic (exact) mass is 272 g/mol. The number of hydrogen-bond donors (Lipinski definition) is 0. The summed E-state index contributed by atoms with van der Waals surface area (Å²) >= 11 is 0. The lowest BCUT2D eigenvalue weighted by Gasteiger charge is -2.08. The van der Waals surface area contributed by atoms with Crippen LogP contribution in [-0.2, 0) is 0 Å². The fourth-order valence-corrected chi connectivity index (χ4v) is 2.79. The highest BCUT2D eigenvalue weighted by Crippen LogP contribution is 2.32. The summed E-state index contributed by atoms with van der Waals surface area (Å²) in [5, 5.41) is 16.7. The summed E-state index contributed by atoms with van der Waals surface area (Å²) in [6.07, 6.45) is 5.20. The molecule has 0 bridgehead atoms. The minimum absolute atomic E-state index is 0.496. The summed E-state index contributed by atoms with van der Waals surface area (Å²) in [6, 6.07) is 10.1. The quantitative estimate of drug-likeness (QED) is 0.405. The van der Waals surface area contributed by atoms with Gasteiger partial charge in [0.2, 0.25) is 0 Å². The van der Waals surface area contributed by atoms with Gasteiger partial charge in [0.25, 0.3) is 5.78 Å². The molecule has 6 nitrogen and oxygen atoms in total. The molecule has 0 amide bonds. The molecule has 0 atom stereocenters. The standard InChI is InChI=1S/C15H8N6/c1-2-4-10-9(3-1)12-7-16-6-5-11(12)13-14(10)20-21-8-17-19-15(21)18-13/h1-8H. The molecule has 3 aromatic heterocycles. The van der Waals surface area contributed by atoms with Crippen LogP contribution in [0.3, 0.4) is 0 Å². The fraction of sp³-hybridized carbons (Fsp3) is 0. The van der Waals surface area contributed by atoms with E-state index in [0.717, 1.165) is 32.6 Å². The summed E-state index contributed by atoms with van der Waals surface area (Å²) in [6.45, 7) is 0. The van der Waals surface area contributed by atoms with E-state index in [0.29, 0.717) is 5.78 Å². The molecule has 0 unspecified atom stereocenters. The van der Waals surface area contributed by atoms with Crippen molar-refractivity contribution in [2.75, 3.05) is 0 Å². The summed E-state index contributed by atoms with van der Waals surface area (Å²) in [7, 11) is 0. The molecule has 21 heavy (non-hydrogen) atoms. The van der Waals surface area contributed by atoms with Crippen LogP contribution in [0.5, 0.6) is 0 Å². The Labute approximate surface area is 118 Å². The molecule has 98 valence electrons. The minimum Gasteiger partial charge on any atom is -0.264 e. The van der Waals surface area contributed by atoms with Crippen LogP contribution in [0, 0.1) is 0 Å². The first kappa shape index (κ1) is 10.6. The Morgan fingerprint density at radius 2 is 1.71 bits per heavy atom. The van der Waals surface area contributed by atoms with Crippen molar-refractivity contribution in [3.05, 3.63) is 49.1 Å². The highest BCUT2D eigenvalue weighted by molar-refractivity contribution is 6.22. The van der Waals surface area contributed by atoms with Crippen LogP contribution in [0.4, 0.5) is 0 Å². The number of hydrogen-bond acceptors (Lipinski definition) is 5. The van der Waals surface area contributed by atoms with Gasteiger partial charge in [-0.3, -0.25) is 4.98 Å². The lowest BCUT2D eigenvalue weighted by Crippen LogP contribution is -1.97. The predicted molar refractivity (Wildman–Crippen MR) is 78.9 cm³/mol. The summed E-state index contributed by atoms with van der Waals surface area (Å²) in [4.78, 5) is 8.86. The molecular weight excluding hydrogens is 264 g/mol. The van der Waals surface area contributed by atoms with E-state index in [4.69, 9.17) is 0 Å². The topological polar surface area (TPSA) is 68.9 Å². The number of nitrogens with zero attached hydrogens (tertiary/aromatic N) is 6. The van der Waals surface area contributed by atoms with E-state index >= 15 is 0 Å². The Morgan fingerprint density at radius 1 is 0.857 bits per heavy atom. The molecule has 5 rings (SSSR count). The van der Waals surface area contributed by atoms with Gasteiger partial charge in [0.15, 0.2) is 0 Å². The van der Waals surface area contributed by atoms with Gasteiger partial charge in [-0.1, -0.05) is 24.3 Å². The highest BCUT2D eigenvalue weighted by Gasteiger charge is 2.12. The van der Waals surface area contributed by atoms with Gasteiger partial charge in [0, 0.05) is 28.6 Å². The molecule has 0 fully saturated rings. The Bertz CT molecular complexity index is 1060. The van der Waals surface area contributed by atoms with Gasteiger partial charge in [-0.05, 0) is 11.5 Å². The average Bonchev–Trinajstić information content (AvgIpc) is 3.01. The first-order valence-electron chi connectivity index (χ1n) is 6.54. The normalized spacial score (nSPS) is 11.8. The van der Waals surface area contributed by atoms with E-state index in [-0.39, 0.29) is 0 Å². The third kappa shape index (κ3) is 1.33. The highest BCUT2D eigenvalue weighted by atomic mass is 15.4. The van der Waals surface area contributed by atoms with Gasteiger partial charge in [-0.25, -0.2) is 4.98 Å².